The molecule has 0 aliphatic carbocycles. The lowest BCUT2D eigenvalue weighted by molar-refractivity contribution is 0.412. The van der Waals surface area contributed by atoms with Crippen LogP contribution in [0.4, 0.5) is 0 Å². The van der Waals surface area contributed by atoms with E-state index in [2.05, 4.69) is 20.8 Å². The summed E-state index contributed by atoms with van der Waals surface area (Å²) in [5.41, 5.74) is 0. The lowest BCUT2D eigenvalue weighted by Gasteiger charge is -2.33. The third-order valence-corrected chi connectivity index (χ3v) is 8.57. The van der Waals surface area contributed by atoms with Gasteiger partial charge in [-0.25, -0.2) is 0 Å². The molecule has 1 aliphatic heterocycles. The van der Waals surface area contributed by atoms with Crippen LogP contribution in [-0.4, -0.2) is 18.5 Å². The number of hydrogen-bond donors (Lipinski definition) is 0. The molecule has 0 amide bonds. The van der Waals surface area contributed by atoms with E-state index < -0.39 is 25.1 Å². The first-order chi connectivity index (χ1) is 7.30. The Morgan fingerprint density at radius 3 is 1.07 bits per heavy atom. The minimum atomic E-state index is -0.641. The third kappa shape index (κ3) is 5.35. The zero-order chi connectivity index (χ0) is 11.1. The van der Waals surface area contributed by atoms with Gasteiger partial charge in [-0.05, 0) is 19.3 Å². The van der Waals surface area contributed by atoms with E-state index >= 15 is 0 Å². The van der Waals surface area contributed by atoms with Crippen LogP contribution < -0.4 is 0 Å². The van der Waals surface area contributed by atoms with Crippen molar-refractivity contribution in [3.05, 3.63) is 0 Å². The highest BCUT2D eigenvalue weighted by Crippen LogP contribution is 2.72. The van der Waals surface area contributed by atoms with Crippen molar-refractivity contribution >= 4 is 25.1 Å². The van der Waals surface area contributed by atoms with E-state index in [1.54, 1.807) is 0 Å². The van der Waals surface area contributed by atoms with Gasteiger partial charge in [0.2, 0.25) is 0 Å². The maximum absolute atomic E-state index is 5.85. The van der Waals surface area contributed by atoms with Crippen molar-refractivity contribution in [1.82, 2.24) is 0 Å². The van der Waals surface area contributed by atoms with Crippen LogP contribution in [0.2, 0.25) is 0 Å². The molecule has 0 saturated carbocycles. The van der Waals surface area contributed by atoms with Crippen molar-refractivity contribution < 1.29 is 12.9 Å². The summed E-state index contributed by atoms with van der Waals surface area (Å²) in [5.74, 6) is 0. The highest BCUT2D eigenvalue weighted by molar-refractivity contribution is 7.74. The molecule has 0 bridgehead atoms. The Bertz CT molecular complexity index is 136. The molecule has 0 N–H and O–H groups in total. The van der Waals surface area contributed by atoms with Crippen molar-refractivity contribution in [2.24, 2.45) is 0 Å². The largest absolute Gasteiger partial charge is 0.282 e. The normalized spacial score (nSPS) is 31.8. The van der Waals surface area contributed by atoms with Gasteiger partial charge in [0.05, 0.1) is 0 Å². The van der Waals surface area contributed by atoms with Gasteiger partial charge < -0.3 is 0 Å². The van der Waals surface area contributed by atoms with E-state index in [9.17, 15) is 0 Å². The van der Waals surface area contributed by atoms with Crippen LogP contribution in [0, 0.1) is 0 Å². The van der Waals surface area contributed by atoms with Gasteiger partial charge in [0, 0.05) is 18.5 Å². The summed E-state index contributed by atoms with van der Waals surface area (Å²) < 4.78 is 17.5. The van der Waals surface area contributed by atoms with Crippen molar-refractivity contribution in [2.75, 3.05) is 18.5 Å². The fraction of sp³-hybridized carbons (Fsp3) is 1.00. The van der Waals surface area contributed by atoms with E-state index in [0.717, 1.165) is 37.7 Å². The lowest BCUT2D eigenvalue weighted by Crippen LogP contribution is -2.01. The molecule has 0 aromatic heterocycles. The van der Waals surface area contributed by atoms with Gasteiger partial charge in [-0.15, -0.1) is 0 Å². The van der Waals surface area contributed by atoms with Crippen molar-refractivity contribution in [3.8, 4) is 0 Å². The molecule has 1 aliphatic rings. The maximum atomic E-state index is 5.85. The highest BCUT2D eigenvalue weighted by atomic mass is 31.3. The van der Waals surface area contributed by atoms with E-state index in [1.807, 2.05) is 0 Å². The summed E-state index contributed by atoms with van der Waals surface area (Å²) >= 11 is 0. The van der Waals surface area contributed by atoms with Crippen LogP contribution in [-0.2, 0) is 12.9 Å². The van der Waals surface area contributed by atoms with Crippen molar-refractivity contribution in [2.45, 2.75) is 40.0 Å². The topological polar surface area (TPSA) is 27.7 Å². The summed E-state index contributed by atoms with van der Waals surface area (Å²) in [7, 11) is -1.92. The van der Waals surface area contributed by atoms with Gasteiger partial charge in [0.1, 0.15) is 0 Å². The van der Waals surface area contributed by atoms with Gasteiger partial charge in [-0.1, -0.05) is 20.8 Å². The second kappa shape index (κ2) is 8.29. The molecule has 90 valence electrons. The Balaban J connectivity index is 2.40. The summed E-state index contributed by atoms with van der Waals surface area (Å²) in [4.78, 5) is 0. The van der Waals surface area contributed by atoms with Gasteiger partial charge in [0.25, 0.3) is 0 Å². The number of rotatable bonds is 6. The average Bonchev–Trinajstić information content (AvgIpc) is 2.19. The molecule has 0 atom stereocenters. The van der Waals surface area contributed by atoms with Gasteiger partial charge in [0.15, 0.2) is 25.1 Å². The molecule has 0 spiro atoms. The van der Waals surface area contributed by atoms with Gasteiger partial charge in [-0.2, -0.15) is 0 Å². The van der Waals surface area contributed by atoms with E-state index in [4.69, 9.17) is 12.9 Å². The predicted molar refractivity (Wildman–Crippen MR) is 69.5 cm³/mol. The Morgan fingerprint density at radius 2 is 0.867 bits per heavy atom. The molecule has 1 fully saturated rings. The summed E-state index contributed by atoms with van der Waals surface area (Å²) in [6.07, 6.45) is 6.58. The molecular weight excluding hydrogens is 249 g/mol. The van der Waals surface area contributed by atoms with Crippen LogP contribution >= 0.6 is 25.1 Å². The van der Waals surface area contributed by atoms with E-state index in [-0.39, 0.29) is 0 Å². The maximum Gasteiger partial charge on any atom is 0.182 e. The quantitative estimate of drug-likeness (QED) is 0.619. The molecule has 1 rings (SSSR count). The fourth-order valence-corrected chi connectivity index (χ4v) is 7.80. The Kier molecular flexibility index (Phi) is 7.86. The van der Waals surface area contributed by atoms with E-state index in [1.165, 1.54) is 0 Å². The molecule has 0 aromatic rings. The van der Waals surface area contributed by atoms with Crippen LogP contribution in [0.5, 0.6) is 0 Å². The summed E-state index contributed by atoms with van der Waals surface area (Å²) in [6, 6.07) is 0. The van der Waals surface area contributed by atoms with Gasteiger partial charge >= 0.3 is 0 Å². The molecule has 1 heterocycles. The third-order valence-electron chi connectivity index (χ3n) is 1.76. The molecular formula is C9H21O3P3. The first kappa shape index (κ1) is 14.2. The second-order valence-electron chi connectivity index (χ2n) is 3.41. The minimum Gasteiger partial charge on any atom is -0.282 e. The predicted octanol–water partition coefficient (Wildman–Crippen LogP) is 5.22. The first-order valence-electron chi connectivity index (χ1n) is 5.67. The molecule has 6 heteroatoms. The molecule has 1 saturated heterocycles. The first-order valence-corrected chi connectivity index (χ1v) is 9.75. The Morgan fingerprint density at radius 1 is 0.600 bits per heavy atom. The zero-order valence-electron chi connectivity index (χ0n) is 9.81. The molecule has 15 heavy (non-hydrogen) atoms. The van der Waals surface area contributed by atoms with Crippen LogP contribution in [0.3, 0.4) is 0 Å². The van der Waals surface area contributed by atoms with Crippen LogP contribution in [0.15, 0.2) is 0 Å². The monoisotopic (exact) mass is 270 g/mol. The fourth-order valence-electron chi connectivity index (χ4n) is 1.14. The molecule has 0 aromatic carbocycles. The molecule has 3 nitrogen and oxygen atoms in total. The summed E-state index contributed by atoms with van der Waals surface area (Å²) in [6.45, 7) is 6.53. The van der Waals surface area contributed by atoms with Crippen LogP contribution in [0.1, 0.15) is 40.0 Å². The minimum absolute atomic E-state index is 0.641. The highest BCUT2D eigenvalue weighted by Gasteiger charge is 2.31. The van der Waals surface area contributed by atoms with Crippen molar-refractivity contribution in [1.29, 1.82) is 0 Å². The molecule has 0 unspecified atom stereocenters. The SMILES string of the molecule is CCCP1OP(CCC)OP(CCC)O1. The Labute approximate surface area is 97.0 Å². The number of hydrogen-bond acceptors (Lipinski definition) is 3. The van der Waals surface area contributed by atoms with Crippen LogP contribution in [0.25, 0.3) is 0 Å². The molecule has 0 radical (unpaired) electrons. The average molecular weight is 270 g/mol. The standard InChI is InChI=1S/C9H21O3P3/c1-4-7-13-10-14(8-5-2)12-15(11-13)9-6-3/h4-9H2,1-3H3. The summed E-state index contributed by atoms with van der Waals surface area (Å²) in [5, 5.41) is 0. The second-order valence-corrected chi connectivity index (χ2v) is 8.71. The Hall–Kier alpha value is 1.17. The van der Waals surface area contributed by atoms with Gasteiger partial charge in [-0.3, -0.25) is 12.9 Å². The zero-order valence-corrected chi connectivity index (χ0v) is 12.5. The van der Waals surface area contributed by atoms with Crippen molar-refractivity contribution in [3.63, 3.8) is 0 Å². The lowest BCUT2D eigenvalue weighted by atomic mass is 10.6. The van der Waals surface area contributed by atoms with E-state index in [0.29, 0.717) is 0 Å². The smallest absolute Gasteiger partial charge is 0.182 e.